The SMILES string of the molecule is CCCCCCCC(=O)OS(=O)(=O)CCO.[NaH]. The third kappa shape index (κ3) is 12.6. The standard InChI is InChI=1S/C10H20O5S.Na.H/c1-2-3-4-5-6-7-10(12)15-16(13,14)9-8-11;;/h11H,2-9H2,1H3;;. The normalized spacial score (nSPS) is 10.7. The molecule has 5 nitrogen and oxygen atoms in total. The van der Waals surface area contributed by atoms with Gasteiger partial charge in [-0.05, 0) is 6.42 Å². The molecule has 98 valence electrons. The van der Waals surface area contributed by atoms with E-state index in [1.54, 1.807) is 0 Å². The van der Waals surface area contributed by atoms with Crippen molar-refractivity contribution in [3.8, 4) is 0 Å². The van der Waals surface area contributed by atoms with Crippen molar-refractivity contribution < 1.29 is 22.5 Å². The number of hydrogen-bond donors (Lipinski definition) is 1. The molecule has 0 saturated carbocycles. The molecule has 0 spiro atoms. The molecule has 0 atom stereocenters. The van der Waals surface area contributed by atoms with Crippen LogP contribution in [0.5, 0.6) is 0 Å². The Balaban J connectivity index is 0. The second kappa shape index (κ2) is 11.5. The van der Waals surface area contributed by atoms with Crippen molar-refractivity contribution >= 4 is 45.6 Å². The van der Waals surface area contributed by atoms with Crippen LogP contribution >= 0.6 is 0 Å². The second-order valence-electron chi connectivity index (χ2n) is 3.60. The van der Waals surface area contributed by atoms with E-state index in [1.807, 2.05) is 0 Å². The third-order valence-corrected chi connectivity index (χ3v) is 3.17. The molecule has 0 aromatic heterocycles. The summed E-state index contributed by atoms with van der Waals surface area (Å²) in [6.45, 7) is 1.56. The Bertz CT molecular complexity index is 289. The molecule has 0 aliphatic rings. The maximum absolute atomic E-state index is 11.1. The van der Waals surface area contributed by atoms with Gasteiger partial charge in [0.05, 0.1) is 6.61 Å². The van der Waals surface area contributed by atoms with Gasteiger partial charge in [-0.3, -0.25) is 4.79 Å². The Morgan fingerprint density at radius 1 is 1.18 bits per heavy atom. The molecule has 0 amide bonds. The Morgan fingerprint density at radius 3 is 2.29 bits per heavy atom. The summed E-state index contributed by atoms with van der Waals surface area (Å²) in [5, 5.41) is 8.42. The minimum absolute atomic E-state index is 0. The summed E-state index contributed by atoms with van der Waals surface area (Å²) < 4.78 is 26.2. The van der Waals surface area contributed by atoms with E-state index < -0.39 is 28.4 Å². The van der Waals surface area contributed by atoms with E-state index >= 15 is 0 Å². The van der Waals surface area contributed by atoms with Crippen LogP contribution in [0.4, 0.5) is 0 Å². The van der Waals surface area contributed by atoms with Crippen LogP contribution in [-0.4, -0.2) is 61.4 Å². The predicted octanol–water partition coefficient (Wildman–Crippen LogP) is 0.564. The van der Waals surface area contributed by atoms with Crippen LogP contribution in [-0.2, 0) is 19.1 Å². The number of carbonyl (C=O) groups is 1. The maximum atomic E-state index is 11.1. The van der Waals surface area contributed by atoms with Gasteiger partial charge in [0, 0.05) is 6.42 Å². The summed E-state index contributed by atoms with van der Waals surface area (Å²) in [6, 6.07) is 0. The van der Waals surface area contributed by atoms with Gasteiger partial charge in [-0.25, -0.2) is 0 Å². The molecule has 0 aliphatic heterocycles. The first-order valence-electron chi connectivity index (χ1n) is 5.57. The van der Waals surface area contributed by atoms with Gasteiger partial charge < -0.3 is 9.29 Å². The van der Waals surface area contributed by atoms with Crippen LogP contribution in [0.3, 0.4) is 0 Å². The van der Waals surface area contributed by atoms with Gasteiger partial charge in [0.25, 0.3) is 0 Å². The van der Waals surface area contributed by atoms with Gasteiger partial charge in [0.15, 0.2) is 0 Å². The summed E-state index contributed by atoms with van der Waals surface area (Å²) in [5.41, 5.74) is 0. The molecule has 0 fully saturated rings. The molecular weight excluding hydrogens is 255 g/mol. The number of carbonyl (C=O) groups excluding carboxylic acids is 1. The first kappa shape index (κ1) is 19.7. The van der Waals surface area contributed by atoms with Crippen molar-refractivity contribution in [2.75, 3.05) is 12.4 Å². The van der Waals surface area contributed by atoms with Crippen LogP contribution in [0.2, 0.25) is 0 Å². The van der Waals surface area contributed by atoms with Crippen molar-refractivity contribution in [3.63, 3.8) is 0 Å². The van der Waals surface area contributed by atoms with Gasteiger partial charge in [0.1, 0.15) is 5.75 Å². The Morgan fingerprint density at radius 2 is 1.76 bits per heavy atom. The van der Waals surface area contributed by atoms with Crippen molar-refractivity contribution in [2.45, 2.75) is 45.4 Å². The Hall–Kier alpha value is 0.380. The van der Waals surface area contributed by atoms with Gasteiger partial charge >= 0.3 is 45.6 Å². The molecule has 0 bridgehead atoms. The number of unbranched alkanes of at least 4 members (excludes halogenated alkanes) is 4. The van der Waals surface area contributed by atoms with Crippen LogP contribution in [0.25, 0.3) is 0 Å². The first-order valence-corrected chi connectivity index (χ1v) is 7.15. The summed E-state index contributed by atoms with van der Waals surface area (Å²) in [7, 11) is -3.88. The van der Waals surface area contributed by atoms with Crippen LogP contribution in [0, 0.1) is 0 Å². The summed E-state index contributed by atoms with van der Waals surface area (Å²) in [4.78, 5) is 11.1. The van der Waals surface area contributed by atoms with Crippen molar-refractivity contribution in [1.29, 1.82) is 0 Å². The summed E-state index contributed by atoms with van der Waals surface area (Å²) in [6.07, 6.45) is 4.96. The monoisotopic (exact) mass is 276 g/mol. The molecule has 0 heterocycles. The number of aliphatic hydroxyl groups is 1. The van der Waals surface area contributed by atoms with E-state index in [0.717, 1.165) is 25.7 Å². The van der Waals surface area contributed by atoms with Crippen molar-refractivity contribution in [3.05, 3.63) is 0 Å². The van der Waals surface area contributed by atoms with Crippen molar-refractivity contribution in [1.82, 2.24) is 0 Å². The topological polar surface area (TPSA) is 80.7 Å². The van der Waals surface area contributed by atoms with Gasteiger partial charge in [-0.2, -0.15) is 8.42 Å². The molecular formula is C10H21NaO5S. The van der Waals surface area contributed by atoms with Gasteiger partial charge in [-0.1, -0.05) is 32.6 Å². The second-order valence-corrected chi connectivity index (χ2v) is 5.30. The zero-order chi connectivity index (χ0) is 12.4. The minimum atomic E-state index is -3.88. The van der Waals surface area contributed by atoms with E-state index in [9.17, 15) is 13.2 Å². The molecule has 0 radical (unpaired) electrons. The number of rotatable bonds is 9. The summed E-state index contributed by atoms with van der Waals surface area (Å²) in [5.74, 6) is -1.26. The fraction of sp³-hybridized carbons (Fsp3) is 0.900. The third-order valence-electron chi connectivity index (χ3n) is 2.05. The molecule has 0 aromatic rings. The molecule has 0 unspecified atom stereocenters. The van der Waals surface area contributed by atoms with E-state index in [2.05, 4.69) is 11.1 Å². The van der Waals surface area contributed by atoms with Crippen molar-refractivity contribution in [2.24, 2.45) is 0 Å². The zero-order valence-electron chi connectivity index (χ0n) is 9.65. The van der Waals surface area contributed by atoms with Crippen LogP contribution in [0.1, 0.15) is 45.4 Å². The number of aliphatic hydroxyl groups excluding tert-OH is 1. The Labute approximate surface area is 125 Å². The molecule has 0 saturated heterocycles. The predicted molar refractivity (Wildman–Crippen MR) is 67.5 cm³/mol. The molecule has 0 aromatic carbocycles. The van der Waals surface area contributed by atoms with E-state index in [-0.39, 0.29) is 36.0 Å². The van der Waals surface area contributed by atoms with Crippen LogP contribution in [0.15, 0.2) is 0 Å². The molecule has 7 heteroatoms. The average molecular weight is 276 g/mol. The Kier molecular flexibility index (Phi) is 13.3. The van der Waals surface area contributed by atoms with Crippen LogP contribution < -0.4 is 0 Å². The van der Waals surface area contributed by atoms with Gasteiger partial charge in [-0.15, -0.1) is 0 Å². The fourth-order valence-electron chi connectivity index (χ4n) is 1.21. The molecule has 17 heavy (non-hydrogen) atoms. The van der Waals surface area contributed by atoms with E-state index in [4.69, 9.17) is 5.11 Å². The number of hydrogen-bond acceptors (Lipinski definition) is 5. The van der Waals surface area contributed by atoms with Gasteiger partial charge in [0.2, 0.25) is 0 Å². The quantitative estimate of drug-likeness (QED) is 0.378. The fourth-order valence-corrected chi connectivity index (χ4v) is 1.88. The molecule has 0 aliphatic carbocycles. The summed E-state index contributed by atoms with van der Waals surface area (Å²) >= 11 is 0. The zero-order valence-corrected chi connectivity index (χ0v) is 10.5. The molecule has 1 N–H and O–H groups in total. The average Bonchev–Trinajstić information content (AvgIpc) is 2.16. The van der Waals surface area contributed by atoms with E-state index in [0.29, 0.717) is 6.42 Å². The molecule has 0 rings (SSSR count). The first-order chi connectivity index (χ1) is 7.52. The van der Waals surface area contributed by atoms with E-state index in [1.165, 1.54) is 0 Å².